The van der Waals surface area contributed by atoms with E-state index in [1.165, 1.54) is 23.9 Å². The summed E-state index contributed by atoms with van der Waals surface area (Å²) in [7, 11) is 3.93. The zero-order valence-corrected chi connectivity index (χ0v) is 16.2. The maximum Gasteiger partial charge on any atom is 0.416 e. The quantitative estimate of drug-likeness (QED) is 0.551. The second-order valence-corrected chi connectivity index (χ2v) is 7.88. The predicted octanol–water partition coefficient (Wildman–Crippen LogP) is 3.60. The van der Waals surface area contributed by atoms with Gasteiger partial charge >= 0.3 is 11.9 Å². The maximum absolute atomic E-state index is 12.7. The van der Waals surface area contributed by atoms with Gasteiger partial charge < -0.3 is 4.90 Å². The SMILES string of the molecule is CN(C)CCn1c2c(c(SCc3ccc(C(F)(F)F)cc3)nc1=O)CCC2. The second kappa shape index (κ2) is 8.06. The molecule has 0 spiro atoms. The minimum Gasteiger partial charge on any atom is -0.308 e. The van der Waals surface area contributed by atoms with Crippen LogP contribution in [0, 0.1) is 0 Å². The molecule has 4 nitrogen and oxygen atoms in total. The van der Waals surface area contributed by atoms with Crippen molar-refractivity contribution in [3.05, 3.63) is 57.1 Å². The zero-order valence-electron chi connectivity index (χ0n) is 15.3. The van der Waals surface area contributed by atoms with E-state index in [0.717, 1.165) is 54.8 Å². The number of rotatable bonds is 6. The Morgan fingerprint density at radius 3 is 2.52 bits per heavy atom. The highest BCUT2D eigenvalue weighted by molar-refractivity contribution is 7.98. The molecule has 0 unspecified atom stereocenters. The molecule has 1 aliphatic rings. The van der Waals surface area contributed by atoms with Gasteiger partial charge in [-0.25, -0.2) is 4.79 Å². The topological polar surface area (TPSA) is 38.1 Å². The fourth-order valence-corrected chi connectivity index (χ4v) is 4.21. The molecule has 0 bridgehead atoms. The van der Waals surface area contributed by atoms with Crippen molar-refractivity contribution in [1.82, 2.24) is 14.5 Å². The Kier molecular flexibility index (Phi) is 5.95. The Morgan fingerprint density at radius 1 is 1.19 bits per heavy atom. The molecule has 0 amide bonds. The molecule has 8 heteroatoms. The molecule has 0 saturated carbocycles. The van der Waals surface area contributed by atoms with E-state index >= 15 is 0 Å². The molecule has 1 aromatic carbocycles. The first-order chi connectivity index (χ1) is 12.8. The summed E-state index contributed by atoms with van der Waals surface area (Å²) in [5.74, 6) is 0.485. The van der Waals surface area contributed by atoms with Gasteiger partial charge in [0.05, 0.1) is 5.56 Å². The lowest BCUT2D eigenvalue weighted by Crippen LogP contribution is -2.31. The highest BCUT2D eigenvalue weighted by Gasteiger charge is 2.30. The van der Waals surface area contributed by atoms with Crippen molar-refractivity contribution in [1.29, 1.82) is 0 Å². The summed E-state index contributed by atoms with van der Waals surface area (Å²) in [6, 6.07) is 5.14. The van der Waals surface area contributed by atoms with Gasteiger partial charge in [0.25, 0.3) is 0 Å². The summed E-state index contributed by atoms with van der Waals surface area (Å²) >= 11 is 1.42. The third-order valence-electron chi connectivity index (χ3n) is 4.63. The molecule has 1 aromatic heterocycles. The number of halogens is 3. The van der Waals surface area contributed by atoms with Crippen LogP contribution in [0.25, 0.3) is 0 Å². The first-order valence-electron chi connectivity index (χ1n) is 8.82. The Bertz CT molecular complexity index is 860. The first-order valence-corrected chi connectivity index (χ1v) is 9.80. The molecule has 1 heterocycles. The minimum absolute atomic E-state index is 0.243. The Hall–Kier alpha value is -1.80. The van der Waals surface area contributed by atoms with Crippen molar-refractivity contribution in [3.8, 4) is 0 Å². The highest BCUT2D eigenvalue weighted by Crippen LogP contribution is 2.32. The van der Waals surface area contributed by atoms with Gasteiger partial charge in [0.15, 0.2) is 0 Å². The molecule has 0 aliphatic heterocycles. The Balaban J connectivity index is 1.77. The number of likely N-dealkylation sites (N-methyl/N-ethyl adjacent to an activating group) is 1. The van der Waals surface area contributed by atoms with Crippen molar-refractivity contribution in [2.75, 3.05) is 20.6 Å². The smallest absolute Gasteiger partial charge is 0.308 e. The van der Waals surface area contributed by atoms with Crippen LogP contribution in [0.3, 0.4) is 0 Å². The van der Waals surface area contributed by atoms with Crippen molar-refractivity contribution >= 4 is 11.8 Å². The predicted molar refractivity (Wildman–Crippen MR) is 100 cm³/mol. The van der Waals surface area contributed by atoms with Gasteiger partial charge in [-0.05, 0) is 51.1 Å². The molecule has 0 atom stereocenters. The van der Waals surface area contributed by atoms with Crippen LogP contribution in [0.5, 0.6) is 0 Å². The summed E-state index contributed by atoms with van der Waals surface area (Å²) in [6.45, 7) is 1.39. The number of fused-ring (bicyclic) bond motifs is 1. The highest BCUT2D eigenvalue weighted by atomic mass is 32.2. The molecule has 3 rings (SSSR count). The van der Waals surface area contributed by atoms with Crippen molar-refractivity contribution in [3.63, 3.8) is 0 Å². The molecule has 1 aliphatic carbocycles. The molecule has 0 N–H and O–H groups in total. The third-order valence-corrected chi connectivity index (χ3v) is 5.72. The standard InChI is InChI=1S/C19H22F3N3OS/c1-24(2)10-11-25-16-5-3-4-15(16)17(23-18(25)26)27-12-13-6-8-14(9-7-13)19(20,21)22/h6-9H,3-5,10-12H2,1-2H3. The van der Waals surface area contributed by atoms with Gasteiger partial charge in [-0.15, -0.1) is 11.8 Å². The van der Waals surface area contributed by atoms with Crippen molar-refractivity contribution in [2.24, 2.45) is 0 Å². The van der Waals surface area contributed by atoms with E-state index in [9.17, 15) is 18.0 Å². The van der Waals surface area contributed by atoms with E-state index in [1.54, 1.807) is 4.57 Å². The van der Waals surface area contributed by atoms with Gasteiger partial charge in [-0.1, -0.05) is 12.1 Å². The summed E-state index contributed by atoms with van der Waals surface area (Å²) in [5.41, 5.74) is 2.06. The van der Waals surface area contributed by atoms with E-state index in [1.807, 2.05) is 19.0 Å². The number of hydrogen-bond acceptors (Lipinski definition) is 4. The second-order valence-electron chi connectivity index (χ2n) is 6.92. The summed E-state index contributed by atoms with van der Waals surface area (Å²) in [4.78, 5) is 18.8. The Morgan fingerprint density at radius 2 is 1.89 bits per heavy atom. The van der Waals surface area contributed by atoms with Crippen LogP contribution in [0.1, 0.15) is 28.8 Å². The Labute approximate surface area is 160 Å². The fourth-order valence-electron chi connectivity index (χ4n) is 3.18. The lowest BCUT2D eigenvalue weighted by Gasteiger charge is -2.16. The zero-order chi connectivity index (χ0) is 19.6. The van der Waals surface area contributed by atoms with E-state index in [2.05, 4.69) is 4.98 Å². The normalized spacial score (nSPS) is 14.0. The largest absolute Gasteiger partial charge is 0.416 e. The average molecular weight is 397 g/mol. The summed E-state index contributed by atoms with van der Waals surface area (Å²) < 4.78 is 39.7. The van der Waals surface area contributed by atoms with Gasteiger partial charge in [0.1, 0.15) is 5.03 Å². The number of thioether (sulfide) groups is 1. The van der Waals surface area contributed by atoms with Crippen LogP contribution in [-0.2, 0) is 31.3 Å². The number of hydrogen-bond donors (Lipinski definition) is 0. The van der Waals surface area contributed by atoms with Crippen LogP contribution in [-0.4, -0.2) is 35.1 Å². The average Bonchev–Trinajstić information content (AvgIpc) is 3.08. The summed E-state index contributed by atoms with van der Waals surface area (Å²) in [6.07, 6.45) is -1.57. The molecule has 2 aromatic rings. The van der Waals surface area contributed by atoms with Gasteiger partial charge in [-0.2, -0.15) is 18.2 Å². The van der Waals surface area contributed by atoms with Crippen LogP contribution in [0.15, 0.2) is 34.1 Å². The fraction of sp³-hybridized carbons (Fsp3) is 0.474. The summed E-state index contributed by atoms with van der Waals surface area (Å²) in [5, 5.41) is 0.716. The van der Waals surface area contributed by atoms with Crippen LogP contribution < -0.4 is 5.69 Å². The molecule has 0 saturated heterocycles. The number of benzene rings is 1. The monoisotopic (exact) mass is 397 g/mol. The van der Waals surface area contributed by atoms with Gasteiger partial charge in [0.2, 0.25) is 0 Å². The minimum atomic E-state index is -4.33. The van der Waals surface area contributed by atoms with Crippen molar-refractivity contribution in [2.45, 2.75) is 42.8 Å². The maximum atomic E-state index is 12.7. The molecular weight excluding hydrogens is 375 g/mol. The first kappa shape index (κ1) is 19.9. The number of aromatic nitrogens is 2. The number of alkyl halides is 3. The van der Waals surface area contributed by atoms with Gasteiger partial charge in [-0.3, -0.25) is 4.57 Å². The molecule has 0 radical (unpaired) electrons. The van der Waals surface area contributed by atoms with Crippen LogP contribution in [0.2, 0.25) is 0 Å². The molecule has 146 valence electrons. The van der Waals surface area contributed by atoms with E-state index in [-0.39, 0.29) is 5.69 Å². The van der Waals surface area contributed by atoms with E-state index in [0.29, 0.717) is 17.3 Å². The van der Waals surface area contributed by atoms with Crippen LogP contribution >= 0.6 is 11.8 Å². The molecular formula is C19H22F3N3OS. The lowest BCUT2D eigenvalue weighted by atomic mass is 10.1. The van der Waals surface area contributed by atoms with Crippen molar-refractivity contribution < 1.29 is 13.2 Å². The lowest BCUT2D eigenvalue weighted by molar-refractivity contribution is -0.137. The molecule has 0 fully saturated rings. The molecule has 27 heavy (non-hydrogen) atoms. The third kappa shape index (κ3) is 4.73. The van der Waals surface area contributed by atoms with E-state index in [4.69, 9.17) is 0 Å². The van der Waals surface area contributed by atoms with E-state index < -0.39 is 11.7 Å². The number of nitrogens with zero attached hydrogens (tertiary/aromatic N) is 3. The van der Waals surface area contributed by atoms with Gasteiger partial charge in [0, 0.05) is 30.1 Å². The van der Waals surface area contributed by atoms with Crippen LogP contribution in [0.4, 0.5) is 13.2 Å².